The molecule has 0 atom stereocenters. The van der Waals surface area contributed by atoms with Gasteiger partial charge in [0.05, 0.1) is 0 Å². The Morgan fingerprint density at radius 1 is 1.27 bits per heavy atom. The summed E-state index contributed by atoms with van der Waals surface area (Å²) in [6.07, 6.45) is 0.509. The van der Waals surface area contributed by atoms with E-state index in [1.54, 1.807) is 6.07 Å². The van der Waals surface area contributed by atoms with E-state index in [2.05, 4.69) is 15.7 Å². The number of nitrogens with one attached hydrogen (secondary N) is 1. The molecule has 112 valence electrons. The fourth-order valence-electron chi connectivity index (χ4n) is 1.96. The first-order valence-electron chi connectivity index (χ1n) is 6.76. The SMILES string of the molecule is O=C1CCC(C(=O)OCc2cc(-c3ccccc3)on2)=NN1. The van der Waals surface area contributed by atoms with Gasteiger partial charge in [-0.2, -0.15) is 5.10 Å². The minimum atomic E-state index is -0.565. The molecule has 1 aromatic heterocycles. The van der Waals surface area contributed by atoms with Gasteiger partial charge in [-0.15, -0.1) is 0 Å². The quantitative estimate of drug-likeness (QED) is 0.866. The molecule has 0 spiro atoms. The van der Waals surface area contributed by atoms with Crippen LogP contribution in [0.25, 0.3) is 11.3 Å². The Morgan fingerprint density at radius 2 is 2.09 bits per heavy atom. The molecule has 7 heteroatoms. The average molecular weight is 299 g/mol. The largest absolute Gasteiger partial charge is 0.455 e. The number of aromatic nitrogens is 1. The van der Waals surface area contributed by atoms with Crippen molar-refractivity contribution in [3.05, 3.63) is 42.1 Å². The van der Waals surface area contributed by atoms with E-state index in [1.807, 2.05) is 30.3 Å². The Labute approximate surface area is 125 Å². The highest BCUT2D eigenvalue weighted by Crippen LogP contribution is 2.20. The molecule has 1 amide bonds. The van der Waals surface area contributed by atoms with Gasteiger partial charge in [0.25, 0.3) is 0 Å². The second-order valence-electron chi connectivity index (χ2n) is 4.72. The van der Waals surface area contributed by atoms with Crippen LogP contribution in [0.1, 0.15) is 18.5 Å². The summed E-state index contributed by atoms with van der Waals surface area (Å²) in [6, 6.07) is 11.2. The third-order valence-electron chi connectivity index (χ3n) is 3.11. The molecule has 1 aliphatic rings. The fraction of sp³-hybridized carbons (Fsp3) is 0.200. The molecule has 0 saturated carbocycles. The van der Waals surface area contributed by atoms with E-state index in [-0.39, 0.29) is 31.1 Å². The first kappa shape index (κ1) is 14.0. The molecule has 7 nitrogen and oxygen atoms in total. The minimum absolute atomic E-state index is 0.0118. The van der Waals surface area contributed by atoms with Crippen LogP contribution in [0.2, 0.25) is 0 Å². The van der Waals surface area contributed by atoms with Crippen LogP contribution < -0.4 is 5.43 Å². The number of ether oxygens (including phenoxy) is 1. The standard InChI is InChI=1S/C15H13N3O4/c19-14-7-6-12(16-17-14)15(20)21-9-11-8-13(22-18-11)10-4-2-1-3-5-10/h1-5,8H,6-7,9H2,(H,17,19). The summed E-state index contributed by atoms with van der Waals surface area (Å²) in [5.41, 5.74) is 3.85. The van der Waals surface area contributed by atoms with Crippen molar-refractivity contribution < 1.29 is 18.8 Å². The molecular weight excluding hydrogens is 286 g/mol. The molecule has 0 fully saturated rings. The molecule has 0 saturated heterocycles. The van der Waals surface area contributed by atoms with Crippen LogP contribution in [0.4, 0.5) is 0 Å². The zero-order chi connectivity index (χ0) is 15.4. The van der Waals surface area contributed by atoms with Gasteiger partial charge in [0.1, 0.15) is 18.0 Å². The van der Waals surface area contributed by atoms with E-state index in [9.17, 15) is 9.59 Å². The first-order valence-corrected chi connectivity index (χ1v) is 6.76. The Hall–Kier alpha value is -2.96. The Morgan fingerprint density at radius 3 is 2.82 bits per heavy atom. The number of hydrogen-bond donors (Lipinski definition) is 1. The lowest BCUT2D eigenvalue weighted by Crippen LogP contribution is -2.30. The number of carbonyl (C=O) groups excluding carboxylic acids is 2. The Bertz CT molecular complexity index is 721. The van der Waals surface area contributed by atoms with Gasteiger partial charge in [-0.1, -0.05) is 35.5 Å². The molecule has 0 aliphatic carbocycles. The third-order valence-corrected chi connectivity index (χ3v) is 3.11. The van der Waals surface area contributed by atoms with Crippen molar-refractivity contribution in [2.24, 2.45) is 5.10 Å². The van der Waals surface area contributed by atoms with Gasteiger partial charge in [0.2, 0.25) is 5.91 Å². The number of benzene rings is 1. The second-order valence-corrected chi connectivity index (χ2v) is 4.72. The predicted molar refractivity (Wildman–Crippen MR) is 76.5 cm³/mol. The van der Waals surface area contributed by atoms with E-state index < -0.39 is 5.97 Å². The summed E-state index contributed by atoms with van der Waals surface area (Å²) < 4.78 is 10.3. The van der Waals surface area contributed by atoms with Crippen molar-refractivity contribution in [3.8, 4) is 11.3 Å². The summed E-state index contributed by atoms with van der Waals surface area (Å²) >= 11 is 0. The molecule has 2 heterocycles. The van der Waals surface area contributed by atoms with Gasteiger partial charge in [0.15, 0.2) is 5.76 Å². The van der Waals surface area contributed by atoms with E-state index in [0.29, 0.717) is 11.5 Å². The Kier molecular flexibility index (Phi) is 3.95. The monoisotopic (exact) mass is 299 g/mol. The molecule has 22 heavy (non-hydrogen) atoms. The van der Waals surface area contributed by atoms with Crippen molar-refractivity contribution in [1.82, 2.24) is 10.6 Å². The van der Waals surface area contributed by atoms with Crippen LogP contribution in [0, 0.1) is 0 Å². The van der Waals surface area contributed by atoms with Gasteiger partial charge in [-0.3, -0.25) is 4.79 Å². The van der Waals surface area contributed by atoms with Gasteiger partial charge < -0.3 is 9.26 Å². The van der Waals surface area contributed by atoms with Crippen LogP contribution in [0.3, 0.4) is 0 Å². The van der Waals surface area contributed by atoms with Crippen molar-refractivity contribution in [1.29, 1.82) is 0 Å². The zero-order valence-corrected chi connectivity index (χ0v) is 11.6. The molecule has 0 radical (unpaired) electrons. The summed E-state index contributed by atoms with van der Waals surface area (Å²) in [5.74, 6) is -0.168. The molecule has 1 aromatic carbocycles. The maximum atomic E-state index is 11.8. The van der Waals surface area contributed by atoms with Crippen LogP contribution >= 0.6 is 0 Å². The number of hydrogen-bond acceptors (Lipinski definition) is 6. The molecule has 1 aliphatic heterocycles. The van der Waals surface area contributed by atoms with Crippen LogP contribution in [0.15, 0.2) is 46.0 Å². The van der Waals surface area contributed by atoms with Gasteiger partial charge in [-0.05, 0) is 0 Å². The number of carbonyl (C=O) groups is 2. The number of hydrazone groups is 1. The summed E-state index contributed by atoms with van der Waals surface area (Å²) in [4.78, 5) is 22.7. The van der Waals surface area contributed by atoms with Gasteiger partial charge in [-0.25, -0.2) is 10.2 Å². The summed E-state index contributed by atoms with van der Waals surface area (Å²) in [6.45, 7) is -0.0118. The predicted octanol–water partition coefficient (Wildman–Crippen LogP) is 1.65. The normalized spacial score (nSPS) is 14.2. The molecule has 0 bridgehead atoms. The van der Waals surface area contributed by atoms with Crippen LogP contribution in [-0.2, 0) is 20.9 Å². The fourth-order valence-corrected chi connectivity index (χ4v) is 1.96. The lowest BCUT2D eigenvalue weighted by atomic mass is 10.2. The first-order chi connectivity index (χ1) is 10.7. The highest BCUT2D eigenvalue weighted by atomic mass is 16.5. The number of esters is 1. The van der Waals surface area contributed by atoms with Gasteiger partial charge >= 0.3 is 5.97 Å². The van der Waals surface area contributed by atoms with E-state index in [0.717, 1.165) is 5.56 Å². The van der Waals surface area contributed by atoms with Crippen molar-refractivity contribution in [2.45, 2.75) is 19.4 Å². The highest BCUT2D eigenvalue weighted by Gasteiger charge is 2.20. The number of rotatable bonds is 4. The third kappa shape index (κ3) is 3.20. The molecule has 1 N–H and O–H groups in total. The van der Waals surface area contributed by atoms with E-state index in [4.69, 9.17) is 9.26 Å². The maximum absolute atomic E-state index is 11.8. The highest BCUT2D eigenvalue weighted by molar-refractivity contribution is 6.37. The second kappa shape index (κ2) is 6.21. The molecular formula is C15H13N3O4. The summed E-state index contributed by atoms with van der Waals surface area (Å²) in [7, 11) is 0. The lowest BCUT2D eigenvalue weighted by Gasteiger charge is -2.10. The van der Waals surface area contributed by atoms with Crippen molar-refractivity contribution >= 4 is 17.6 Å². The number of nitrogens with zero attached hydrogens (tertiary/aromatic N) is 2. The Balaban J connectivity index is 1.59. The summed E-state index contributed by atoms with van der Waals surface area (Å²) in [5, 5.41) is 7.53. The smallest absolute Gasteiger partial charge is 0.354 e. The van der Waals surface area contributed by atoms with E-state index in [1.165, 1.54) is 0 Å². The van der Waals surface area contributed by atoms with Crippen molar-refractivity contribution in [2.75, 3.05) is 0 Å². The topological polar surface area (TPSA) is 93.8 Å². The minimum Gasteiger partial charge on any atom is -0.455 e. The number of amides is 1. The zero-order valence-electron chi connectivity index (χ0n) is 11.6. The molecule has 2 aromatic rings. The average Bonchev–Trinajstić information content (AvgIpc) is 3.03. The molecule has 3 rings (SSSR count). The lowest BCUT2D eigenvalue weighted by molar-refractivity contribution is -0.137. The van der Waals surface area contributed by atoms with Crippen LogP contribution in [0.5, 0.6) is 0 Å². The van der Waals surface area contributed by atoms with Gasteiger partial charge in [0, 0.05) is 24.5 Å². The van der Waals surface area contributed by atoms with Crippen molar-refractivity contribution in [3.63, 3.8) is 0 Å². The molecule has 0 unspecified atom stereocenters. The van der Waals surface area contributed by atoms with E-state index >= 15 is 0 Å². The maximum Gasteiger partial charge on any atom is 0.354 e. The van der Waals surface area contributed by atoms with Crippen LogP contribution in [-0.4, -0.2) is 22.7 Å².